The number of nitrogens with zero attached hydrogens (tertiary/aromatic N) is 1. The Hall–Kier alpha value is -2.45. The van der Waals surface area contributed by atoms with Gasteiger partial charge < -0.3 is 33.4 Å². The van der Waals surface area contributed by atoms with Gasteiger partial charge in [0.2, 0.25) is 0 Å². The number of aliphatic hydroxyl groups is 1. The number of aromatic amines is 1. The van der Waals surface area contributed by atoms with Crippen LogP contribution in [0.25, 0.3) is 0 Å². The van der Waals surface area contributed by atoms with Gasteiger partial charge in [0.05, 0.1) is 18.8 Å². The van der Waals surface area contributed by atoms with Gasteiger partial charge in [-0.05, 0) is 18.6 Å². The van der Waals surface area contributed by atoms with Gasteiger partial charge in [0.1, 0.15) is 12.2 Å². The van der Waals surface area contributed by atoms with E-state index in [9.17, 15) is 38.4 Å². The lowest BCUT2D eigenvalue weighted by molar-refractivity contribution is -0.245. The minimum atomic E-state index is -5.50. The molecule has 0 saturated carbocycles. The first-order valence-corrected chi connectivity index (χ1v) is 13.4. The first-order chi connectivity index (χ1) is 16.9. The molecule has 2 aromatic rings. The fourth-order valence-corrected chi connectivity index (χ4v) is 5.23. The maximum Gasteiger partial charge on any atom is 0.338 e. The van der Waals surface area contributed by atoms with E-state index in [1.54, 1.807) is 25.1 Å². The van der Waals surface area contributed by atoms with Crippen LogP contribution < -0.4 is 21.0 Å². The lowest BCUT2D eigenvalue weighted by Crippen LogP contribution is -2.40. The van der Waals surface area contributed by atoms with Gasteiger partial charge >= 0.3 is 11.7 Å². The summed E-state index contributed by atoms with van der Waals surface area (Å²) >= 11 is 0. The Balaban J connectivity index is 1.79. The summed E-state index contributed by atoms with van der Waals surface area (Å²) in [5.74, 6) is -0.898. The van der Waals surface area contributed by atoms with Crippen LogP contribution in [0.3, 0.4) is 0 Å². The number of phosphoric acid groups is 2. The maximum atomic E-state index is 12.6. The van der Waals surface area contributed by atoms with E-state index < -0.39 is 64.0 Å². The fourth-order valence-electron chi connectivity index (χ4n) is 3.14. The lowest BCUT2D eigenvalue weighted by Gasteiger charge is -2.31. The van der Waals surface area contributed by atoms with Crippen LogP contribution in [-0.2, 0) is 32.0 Å². The first kappa shape index (κ1) is 28.1. The third kappa shape index (κ3) is 7.29. The van der Waals surface area contributed by atoms with Crippen LogP contribution in [-0.4, -0.2) is 52.2 Å². The molecule has 6 atom stereocenters. The molecule has 1 aromatic heterocycles. The molecule has 1 fully saturated rings. The van der Waals surface area contributed by atoms with Crippen molar-refractivity contribution in [2.45, 2.75) is 37.9 Å². The quantitative estimate of drug-likeness (QED) is 0.265. The number of rotatable bonds is 11. The third-order valence-corrected chi connectivity index (χ3v) is 7.31. The van der Waals surface area contributed by atoms with Crippen molar-refractivity contribution in [2.75, 3.05) is 13.2 Å². The second kappa shape index (κ2) is 11.7. The van der Waals surface area contributed by atoms with Crippen molar-refractivity contribution < 1.29 is 51.6 Å². The number of benzene rings is 1. The summed E-state index contributed by atoms with van der Waals surface area (Å²) in [6, 6.07) is 8.60. The number of aromatic nitrogens is 2. The first-order valence-electron chi connectivity index (χ1n) is 10.5. The summed E-state index contributed by atoms with van der Waals surface area (Å²) in [5.41, 5.74) is -1.60. The molecule has 17 heteroatoms. The molecule has 0 aliphatic carbocycles. The average molecular weight is 548 g/mol. The van der Waals surface area contributed by atoms with Crippen LogP contribution in [0.15, 0.2) is 52.2 Å². The molecule has 0 spiro atoms. The lowest BCUT2D eigenvalue weighted by atomic mass is 10.1. The highest BCUT2D eigenvalue weighted by atomic mass is 31.3. The second-order valence-electron chi connectivity index (χ2n) is 7.41. The summed E-state index contributed by atoms with van der Waals surface area (Å²) in [7, 11) is -10.7. The van der Waals surface area contributed by atoms with E-state index in [0.717, 1.165) is 16.8 Å². The zero-order valence-corrected chi connectivity index (χ0v) is 20.4. The Labute approximate surface area is 203 Å². The van der Waals surface area contributed by atoms with Gasteiger partial charge in [-0.3, -0.25) is 23.5 Å². The van der Waals surface area contributed by atoms with Gasteiger partial charge in [-0.15, -0.1) is 0 Å². The van der Waals surface area contributed by atoms with Gasteiger partial charge in [-0.1, -0.05) is 25.1 Å². The number of carbonyl (C=O) groups is 1. The zero-order chi connectivity index (χ0) is 26.5. The Kier molecular flexibility index (Phi) is 9.17. The van der Waals surface area contributed by atoms with E-state index in [4.69, 9.17) is 9.47 Å². The van der Waals surface area contributed by atoms with E-state index in [-0.39, 0.29) is 18.6 Å². The Morgan fingerprint density at radius 2 is 1.81 bits per heavy atom. The van der Waals surface area contributed by atoms with Crippen molar-refractivity contribution in [3.05, 3.63) is 69.0 Å². The normalized spacial score (nSPS) is 25.1. The minimum Gasteiger partial charge on any atom is -0.756 e. The highest BCUT2D eigenvalue weighted by Crippen LogP contribution is 2.55. The standard InChI is InChI=1S/C19H24N2O13P2/c1-2-10-30-35(26,27)34-36(28,29)31-11-13-15(23)16(33-18(24)12-6-4-3-5-7-12)17(32-13)21-9-8-14(22)20-19(21)25/h3-9,13,15-17,23H,2,10-11H2,1H3,(H,26,27)(H,28,29)(H,20,22,25)/p-2/t13-,15?,16+,17-/m1/s1. The monoisotopic (exact) mass is 548 g/mol. The number of hydrogen-bond donors (Lipinski definition) is 2. The number of nitrogens with one attached hydrogen (secondary N) is 1. The highest BCUT2D eigenvalue weighted by molar-refractivity contribution is 7.59. The summed E-state index contributed by atoms with van der Waals surface area (Å²) in [6.45, 7) is 0.274. The van der Waals surface area contributed by atoms with Gasteiger partial charge in [-0.2, -0.15) is 0 Å². The predicted octanol–water partition coefficient (Wildman–Crippen LogP) is -0.583. The molecule has 1 aliphatic heterocycles. The van der Waals surface area contributed by atoms with Crippen molar-refractivity contribution in [1.82, 2.24) is 9.55 Å². The topological polar surface area (TPSA) is 219 Å². The largest absolute Gasteiger partial charge is 0.756 e. The Bertz CT molecular complexity index is 1260. The fraction of sp³-hybridized carbons (Fsp3) is 0.421. The minimum absolute atomic E-state index is 0.104. The Morgan fingerprint density at radius 3 is 2.44 bits per heavy atom. The maximum absolute atomic E-state index is 12.6. The second-order valence-corrected chi connectivity index (χ2v) is 10.4. The molecule has 0 bridgehead atoms. The van der Waals surface area contributed by atoms with Crippen molar-refractivity contribution in [3.63, 3.8) is 0 Å². The van der Waals surface area contributed by atoms with Gasteiger partial charge in [-0.25, -0.2) is 13.9 Å². The molecule has 2 N–H and O–H groups in total. The van der Waals surface area contributed by atoms with Crippen LogP contribution >= 0.6 is 15.6 Å². The molecule has 1 saturated heterocycles. The molecular weight excluding hydrogens is 526 g/mol. The van der Waals surface area contributed by atoms with Gasteiger partial charge in [0, 0.05) is 12.3 Å². The molecule has 1 aliphatic rings. The molecule has 0 radical (unpaired) electrons. The van der Waals surface area contributed by atoms with E-state index in [1.807, 2.05) is 4.98 Å². The number of hydrogen-bond acceptors (Lipinski definition) is 13. The van der Waals surface area contributed by atoms with E-state index in [2.05, 4.69) is 13.4 Å². The Morgan fingerprint density at radius 1 is 1.14 bits per heavy atom. The predicted molar refractivity (Wildman–Crippen MR) is 115 cm³/mol. The number of phosphoric ester groups is 2. The molecule has 2 heterocycles. The van der Waals surface area contributed by atoms with Crippen molar-refractivity contribution in [3.8, 4) is 0 Å². The van der Waals surface area contributed by atoms with Crippen molar-refractivity contribution in [2.24, 2.45) is 0 Å². The number of aliphatic hydroxyl groups excluding tert-OH is 1. The van der Waals surface area contributed by atoms with Crippen molar-refractivity contribution in [1.29, 1.82) is 0 Å². The molecule has 3 rings (SSSR count). The molecular formula is C19H22N2O13P2-2. The smallest absolute Gasteiger partial charge is 0.338 e. The van der Waals surface area contributed by atoms with Crippen LogP contribution in [0.4, 0.5) is 0 Å². The molecule has 3 unspecified atom stereocenters. The average Bonchev–Trinajstić information content (AvgIpc) is 3.11. The van der Waals surface area contributed by atoms with Crippen molar-refractivity contribution >= 4 is 21.6 Å². The summed E-state index contributed by atoms with van der Waals surface area (Å²) in [5, 5.41) is 10.7. The number of ether oxygens (including phenoxy) is 2. The van der Waals surface area contributed by atoms with E-state index in [1.165, 1.54) is 12.1 Å². The SMILES string of the molecule is CCCOP(=O)([O-])OP(=O)([O-])OC[C@H]1O[C@@H](n2ccc(=O)[nH]c2=O)[C@@H](OC(=O)c2ccccc2)C1O. The molecule has 36 heavy (non-hydrogen) atoms. The van der Waals surface area contributed by atoms with Gasteiger partial charge in [0.25, 0.3) is 21.2 Å². The number of esters is 1. The number of carbonyl (C=O) groups excluding carboxylic acids is 1. The van der Waals surface area contributed by atoms with Gasteiger partial charge in [0.15, 0.2) is 12.3 Å². The van der Waals surface area contributed by atoms with Crippen LogP contribution in [0.1, 0.15) is 29.9 Å². The molecule has 198 valence electrons. The van der Waals surface area contributed by atoms with Crippen LogP contribution in [0, 0.1) is 0 Å². The third-order valence-electron chi connectivity index (χ3n) is 4.74. The van der Waals surface area contributed by atoms with Crippen LogP contribution in [0.5, 0.6) is 0 Å². The van der Waals surface area contributed by atoms with Crippen LogP contribution in [0.2, 0.25) is 0 Å². The zero-order valence-electron chi connectivity index (χ0n) is 18.7. The van der Waals surface area contributed by atoms with E-state index >= 15 is 0 Å². The molecule has 0 amide bonds. The summed E-state index contributed by atoms with van der Waals surface area (Å²) in [4.78, 5) is 61.8. The summed E-state index contributed by atoms with van der Waals surface area (Å²) < 4.78 is 48.0. The number of H-pyrrole nitrogens is 1. The molecule has 1 aromatic carbocycles. The highest BCUT2D eigenvalue weighted by Gasteiger charge is 2.48. The summed E-state index contributed by atoms with van der Waals surface area (Å²) in [6.07, 6.45) is -5.11. The van der Waals surface area contributed by atoms with E-state index in [0.29, 0.717) is 0 Å². The molecule has 15 nitrogen and oxygen atoms in total.